The van der Waals surface area contributed by atoms with E-state index < -0.39 is 59.4 Å². The lowest BCUT2D eigenvalue weighted by Crippen LogP contribution is -2.55. The highest BCUT2D eigenvalue weighted by Crippen LogP contribution is 2.32. The minimum atomic E-state index is -4.76. The summed E-state index contributed by atoms with van der Waals surface area (Å²) >= 11 is 0. The standard InChI is InChI=1S/C25H20F4N4O3/c26-19-12-6-7-13-21(19)33-23(35)31(14-17-10-4-5-11-18(17)25(27,28)29)22(34)32(24(33)36)15-20(30)16-8-2-1-3-9-16/h1-13,20H,14-15,30H2. The Morgan fingerprint density at radius 1 is 0.750 bits per heavy atom. The zero-order valence-electron chi connectivity index (χ0n) is 18.7. The Labute approximate surface area is 201 Å². The monoisotopic (exact) mass is 500 g/mol. The number of halogens is 4. The number of aromatic nitrogens is 3. The first kappa shape index (κ1) is 24.9. The molecule has 0 fully saturated rings. The van der Waals surface area contributed by atoms with Gasteiger partial charge in [-0.2, -0.15) is 13.2 Å². The fraction of sp³-hybridized carbons (Fsp3) is 0.160. The van der Waals surface area contributed by atoms with Crippen molar-refractivity contribution in [3.63, 3.8) is 0 Å². The van der Waals surface area contributed by atoms with Crippen LogP contribution in [0.25, 0.3) is 5.69 Å². The number of rotatable bonds is 6. The van der Waals surface area contributed by atoms with Gasteiger partial charge in [0.05, 0.1) is 24.3 Å². The van der Waals surface area contributed by atoms with Gasteiger partial charge in [0.1, 0.15) is 5.82 Å². The maximum absolute atomic E-state index is 14.6. The van der Waals surface area contributed by atoms with Crippen molar-refractivity contribution < 1.29 is 17.6 Å². The third-order valence-corrected chi connectivity index (χ3v) is 5.66. The molecule has 0 radical (unpaired) electrons. The molecule has 0 aliphatic carbocycles. The van der Waals surface area contributed by atoms with Crippen LogP contribution in [0.2, 0.25) is 0 Å². The van der Waals surface area contributed by atoms with Gasteiger partial charge in [-0.05, 0) is 29.3 Å². The van der Waals surface area contributed by atoms with Gasteiger partial charge in [0.25, 0.3) is 0 Å². The maximum Gasteiger partial charge on any atom is 0.416 e. The van der Waals surface area contributed by atoms with E-state index in [9.17, 15) is 31.9 Å². The summed E-state index contributed by atoms with van der Waals surface area (Å²) < 4.78 is 56.8. The van der Waals surface area contributed by atoms with Crippen molar-refractivity contribution in [1.29, 1.82) is 0 Å². The SMILES string of the molecule is NC(Cn1c(=O)n(Cc2ccccc2C(F)(F)F)c(=O)n(-c2ccccc2F)c1=O)c1ccccc1. The molecule has 0 bridgehead atoms. The molecular weight excluding hydrogens is 480 g/mol. The van der Waals surface area contributed by atoms with Gasteiger partial charge in [-0.1, -0.05) is 60.7 Å². The van der Waals surface area contributed by atoms with Gasteiger partial charge in [0.2, 0.25) is 0 Å². The number of para-hydroxylation sites is 1. The molecule has 0 amide bonds. The molecule has 1 heterocycles. The summed E-state index contributed by atoms with van der Waals surface area (Å²) in [7, 11) is 0. The molecule has 0 saturated heterocycles. The van der Waals surface area contributed by atoms with E-state index in [2.05, 4.69) is 0 Å². The molecule has 0 spiro atoms. The van der Waals surface area contributed by atoms with Gasteiger partial charge in [-0.3, -0.25) is 0 Å². The van der Waals surface area contributed by atoms with E-state index in [0.29, 0.717) is 19.3 Å². The van der Waals surface area contributed by atoms with Crippen LogP contribution in [0.3, 0.4) is 0 Å². The predicted molar refractivity (Wildman–Crippen MR) is 124 cm³/mol. The van der Waals surface area contributed by atoms with Crippen LogP contribution in [0.1, 0.15) is 22.7 Å². The van der Waals surface area contributed by atoms with Crippen LogP contribution < -0.4 is 22.8 Å². The summed E-state index contributed by atoms with van der Waals surface area (Å²) in [5.41, 5.74) is 1.27. The van der Waals surface area contributed by atoms with E-state index >= 15 is 0 Å². The molecule has 0 saturated carbocycles. The maximum atomic E-state index is 14.6. The molecule has 11 heteroatoms. The molecule has 1 aromatic heterocycles. The molecule has 1 unspecified atom stereocenters. The van der Waals surface area contributed by atoms with Crippen molar-refractivity contribution in [2.24, 2.45) is 5.73 Å². The van der Waals surface area contributed by atoms with Crippen LogP contribution in [0, 0.1) is 5.82 Å². The normalized spacial score (nSPS) is 12.5. The molecule has 36 heavy (non-hydrogen) atoms. The second kappa shape index (κ2) is 9.78. The first-order chi connectivity index (χ1) is 17.1. The van der Waals surface area contributed by atoms with Gasteiger partial charge in [-0.25, -0.2) is 32.5 Å². The molecule has 7 nitrogen and oxygen atoms in total. The van der Waals surface area contributed by atoms with E-state index in [-0.39, 0.29) is 5.56 Å². The van der Waals surface area contributed by atoms with Crippen LogP contribution in [-0.2, 0) is 19.3 Å². The lowest BCUT2D eigenvalue weighted by molar-refractivity contribution is -0.138. The molecule has 1 atom stereocenters. The number of hydrogen-bond donors (Lipinski definition) is 1. The molecule has 0 aliphatic rings. The molecule has 3 aromatic carbocycles. The van der Waals surface area contributed by atoms with Gasteiger partial charge in [0, 0.05) is 6.04 Å². The number of alkyl halides is 3. The Morgan fingerprint density at radius 3 is 2.00 bits per heavy atom. The Morgan fingerprint density at radius 2 is 1.33 bits per heavy atom. The summed E-state index contributed by atoms with van der Waals surface area (Å²) in [5, 5.41) is 0. The minimum Gasteiger partial charge on any atom is -0.322 e. The molecule has 2 N–H and O–H groups in total. The van der Waals surface area contributed by atoms with Crippen LogP contribution in [-0.4, -0.2) is 13.7 Å². The second-order valence-corrected chi connectivity index (χ2v) is 8.00. The minimum absolute atomic E-state index is 0.373. The summed E-state index contributed by atoms with van der Waals surface area (Å²) in [6.07, 6.45) is -4.76. The van der Waals surface area contributed by atoms with E-state index in [1.165, 1.54) is 24.3 Å². The third kappa shape index (κ3) is 4.78. The van der Waals surface area contributed by atoms with Gasteiger partial charge < -0.3 is 5.73 Å². The summed E-state index contributed by atoms with van der Waals surface area (Å²) in [5.74, 6) is -0.934. The summed E-state index contributed by atoms with van der Waals surface area (Å²) in [6.45, 7) is -1.21. The third-order valence-electron chi connectivity index (χ3n) is 5.66. The van der Waals surface area contributed by atoms with Gasteiger partial charge >= 0.3 is 23.2 Å². The Balaban J connectivity index is 1.95. The number of nitrogens with two attached hydrogens (primary N) is 1. The number of hydrogen-bond acceptors (Lipinski definition) is 4. The fourth-order valence-electron chi connectivity index (χ4n) is 3.87. The molecule has 4 aromatic rings. The topological polar surface area (TPSA) is 92.0 Å². The van der Waals surface area contributed by atoms with E-state index in [1.807, 2.05) is 0 Å². The van der Waals surface area contributed by atoms with Crippen molar-refractivity contribution in [2.75, 3.05) is 0 Å². The van der Waals surface area contributed by atoms with Crippen LogP contribution in [0.5, 0.6) is 0 Å². The Kier molecular flexibility index (Phi) is 6.75. The van der Waals surface area contributed by atoms with E-state index in [0.717, 1.165) is 24.3 Å². The van der Waals surface area contributed by atoms with Crippen molar-refractivity contribution in [2.45, 2.75) is 25.3 Å². The Hall–Kier alpha value is -4.25. The van der Waals surface area contributed by atoms with Crippen LogP contribution in [0.15, 0.2) is 93.2 Å². The van der Waals surface area contributed by atoms with Crippen molar-refractivity contribution in [3.8, 4) is 5.69 Å². The highest BCUT2D eigenvalue weighted by molar-refractivity contribution is 5.33. The highest BCUT2D eigenvalue weighted by Gasteiger charge is 2.33. The average molecular weight is 500 g/mol. The fourth-order valence-corrected chi connectivity index (χ4v) is 3.87. The zero-order chi connectivity index (χ0) is 26.0. The largest absolute Gasteiger partial charge is 0.416 e. The first-order valence-corrected chi connectivity index (χ1v) is 10.8. The van der Waals surface area contributed by atoms with Crippen molar-refractivity contribution >= 4 is 0 Å². The van der Waals surface area contributed by atoms with Gasteiger partial charge in [-0.15, -0.1) is 0 Å². The molecule has 186 valence electrons. The van der Waals surface area contributed by atoms with Crippen LogP contribution in [0.4, 0.5) is 17.6 Å². The van der Waals surface area contributed by atoms with E-state index in [4.69, 9.17) is 5.73 Å². The molecule has 0 aliphatic heterocycles. The van der Waals surface area contributed by atoms with Crippen molar-refractivity contribution in [1.82, 2.24) is 13.7 Å². The Bertz CT molecular complexity index is 1570. The molecule has 4 rings (SSSR count). The molecular formula is C25H20F4N4O3. The lowest BCUT2D eigenvalue weighted by atomic mass is 10.1. The number of benzene rings is 3. The van der Waals surface area contributed by atoms with Gasteiger partial charge in [0.15, 0.2) is 0 Å². The smallest absolute Gasteiger partial charge is 0.322 e. The van der Waals surface area contributed by atoms with Crippen molar-refractivity contribution in [3.05, 3.63) is 133 Å². The summed E-state index contributed by atoms with van der Waals surface area (Å²) in [4.78, 5) is 39.8. The lowest BCUT2D eigenvalue weighted by Gasteiger charge is -2.18. The first-order valence-electron chi connectivity index (χ1n) is 10.8. The van der Waals surface area contributed by atoms with Crippen LogP contribution >= 0.6 is 0 Å². The average Bonchev–Trinajstić information content (AvgIpc) is 2.85. The highest BCUT2D eigenvalue weighted by atomic mass is 19.4. The zero-order valence-corrected chi connectivity index (χ0v) is 18.7. The predicted octanol–water partition coefficient (Wildman–Crippen LogP) is 3.07. The second-order valence-electron chi connectivity index (χ2n) is 8.00. The van der Waals surface area contributed by atoms with E-state index in [1.54, 1.807) is 30.3 Å². The quantitative estimate of drug-likeness (QED) is 0.412. The number of nitrogens with zero attached hydrogens (tertiary/aromatic N) is 3. The summed E-state index contributed by atoms with van der Waals surface area (Å²) in [6, 6.07) is 16.9.